The van der Waals surface area contributed by atoms with Gasteiger partial charge in [0.25, 0.3) is 0 Å². The van der Waals surface area contributed by atoms with Crippen molar-refractivity contribution in [2.24, 2.45) is 33.7 Å². The second kappa shape index (κ2) is 24.1. The van der Waals surface area contributed by atoms with Gasteiger partial charge in [0.05, 0.1) is 19.6 Å². The van der Waals surface area contributed by atoms with E-state index in [4.69, 9.17) is 38.9 Å². The number of guanidine groups is 1. The minimum absolute atomic E-state index is 0.0143. The van der Waals surface area contributed by atoms with Crippen molar-refractivity contribution in [3.05, 3.63) is 0 Å². The molecule has 6 atom stereocenters. The Bertz CT molecular complexity index is 1390. The van der Waals surface area contributed by atoms with Crippen LogP contribution in [0.3, 0.4) is 0 Å². The van der Waals surface area contributed by atoms with Crippen molar-refractivity contribution in [3.8, 4) is 0 Å². The molecule has 0 saturated carbocycles. The summed E-state index contributed by atoms with van der Waals surface area (Å²) in [4.78, 5) is 127. The zero-order chi connectivity index (χ0) is 40.8. The van der Waals surface area contributed by atoms with Crippen LogP contribution >= 0.6 is 0 Å². The molecule has 0 aromatic heterocycles. The van der Waals surface area contributed by atoms with Crippen LogP contribution in [-0.4, -0.2) is 136 Å². The number of aliphatic imine (C=N–C) groups is 1. The summed E-state index contributed by atoms with van der Waals surface area (Å²) in [7, 11) is 0. The fourth-order valence-electron chi connectivity index (χ4n) is 4.21. The first-order chi connectivity index (χ1) is 24.7. The lowest BCUT2D eigenvalue weighted by molar-refractivity contribution is -0.143. The molecule has 0 unspecified atom stereocenters. The number of aliphatic hydroxyl groups is 1. The van der Waals surface area contributed by atoms with E-state index < -0.39 is 141 Å². The van der Waals surface area contributed by atoms with Crippen molar-refractivity contribution in [2.45, 2.75) is 88.1 Å². The molecule has 0 spiro atoms. The van der Waals surface area contributed by atoms with Crippen LogP contribution in [0.1, 0.15) is 51.9 Å². The highest BCUT2D eigenvalue weighted by atomic mass is 16.4. The van der Waals surface area contributed by atoms with E-state index in [9.17, 15) is 53.1 Å². The molecular formula is C28H48N12O13. The second-order valence-corrected chi connectivity index (χ2v) is 11.4. The molecule has 0 radical (unpaired) electrons. The quantitative estimate of drug-likeness (QED) is 0.0221. The van der Waals surface area contributed by atoms with Gasteiger partial charge in [-0.3, -0.25) is 48.1 Å². The lowest BCUT2D eigenvalue weighted by Gasteiger charge is -2.26. The van der Waals surface area contributed by atoms with E-state index in [1.165, 1.54) is 6.92 Å². The van der Waals surface area contributed by atoms with Gasteiger partial charge in [-0.05, 0) is 32.6 Å². The summed E-state index contributed by atoms with van der Waals surface area (Å²) < 4.78 is 0. The van der Waals surface area contributed by atoms with Crippen LogP contribution in [0.25, 0.3) is 0 Å². The fraction of sp³-hybridized carbons (Fsp3) is 0.607. The summed E-state index contributed by atoms with van der Waals surface area (Å²) in [5.74, 6) is -11.4. The molecule has 0 aliphatic carbocycles. The Morgan fingerprint density at radius 3 is 1.57 bits per heavy atom. The van der Waals surface area contributed by atoms with E-state index in [1.54, 1.807) is 0 Å². The van der Waals surface area contributed by atoms with Crippen LogP contribution in [-0.2, 0) is 47.9 Å². The third kappa shape index (κ3) is 19.8. The number of nitrogens with two attached hydrogens (primary N) is 5. The monoisotopic (exact) mass is 760 g/mol. The fourth-order valence-corrected chi connectivity index (χ4v) is 4.21. The highest BCUT2D eigenvalue weighted by molar-refractivity contribution is 5.98. The Morgan fingerprint density at radius 1 is 0.604 bits per heavy atom. The van der Waals surface area contributed by atoms with Crippen LogP contribution < -0.4 is 60.6 Å². The second-order valence-electron chi connectivity index (χ2n) is 11.4. The van der Waals surface area contributed by atoms with E-state index in [2.05, 4.69) is 36.9 Å². The highest BCUT2D eigenvalue weighted by Gasteiger charge is 2.33. The van der Waals surface area contributed by atoms with Crippen LogP contribution in [0.2, 0.25) is 0 Å². The summed E-state index contributed by atoms with van der Waals surface area (Å²) in [5.41, 5.74) is 26.2. The molecule has 53 heavy (non-hydrogen) atoms. The molecule has 8 amide bonds. The largest absolute Gasteiger partial charge is 0.481 e. The maximum atomic E-state index is 13.3. The Balaban J connectivity index is 6.07. The number of carboxylic acid groups (broad SMARTS) is 2. The number of nitrogens with zero attached hydrogens (tertiary/aromatic N) is 1. The van der Waals surface area contributed by atoms with Gasteiger partial charge in [0.1, 0.15) is 36.3 Å². The van der Waals surface area contributed by atoms with Gasteiger partial charge in [-0.25, -0.2) is 4.79 Å². The van der Waals surface area contributed by atoms with Crippen molar-refractivity contribution < 1.29 is 63.3 Å². The minimum atomic E-state index is -1.79. The molecular weight excluding hydrogens is 712 g/mol. The Hall–Kier alpha value is -6.11. The number of hydrogen-bond donors (Lipinski definition) is 14. The van der Waals surface area contributed by atoms with Crippen LogP contribution in [0.4, 0.5) is 0 Å². The minimum Gasteiger partial charge on any atom is -0.481 e. The number of primary amides is 2. The first kappa shape index (κ1) is 46.9. The average Bonchev–Trinajstić information content (AvgIpc) is 3.06. The van der Waals surface area contributed by atoms with Gasteiger partial charge in [-0.1, -0.05) is 0 Å². The van der Waals surface area contributed by atoms with Crippen molar-refractivity contribution in [1.82, 2.24) is 31.9 Å². The van der Waals surface area contributed by atoms with Crippen LogP contribution in [0.5, 0.6) is 0 Å². The summed E-state index contributed by atoms with van der Waals surface area (Å²) in [5, 5.41) is 40.6. The van der Waals surface area contributed by atoms with Gasteiger partial charge in [-0.15, -0.1) is 0 Å². The maximum Gasteiger partial charge on any atom is 0.328 e. The molecule has 25 nitrogen and oxygen atoms in total. The molecule has 0 heterocycles. The van der Waals surface area contributed by atoms with Gasteiger partial charge in [0, 0.05) is 19.4 Å². The molecule has 19 N–H and O–H groups in total. The number of rotatable bonds is 26. The molecule has 0 rings (SSSR count). The number of hydrogen-bond acceptors (Lipinski definition) is 13. The molecule has 0 aliphatic rings. The topological polar surface area (TPSA) is 446 Å². The van der Waals surface area contributed by atoms with E-state index in [0.29, 0.717) is 0 Å². The van der Waals surface area contributed by atoms with Gasteiger partial charge >= 0.3 is 11.9 Å². The predicted octanol–water partition coefficient (Wildman–Crippen LogP) is -7.99. The average molecular weight is 761 g/mol. The van der Waals surface area contributed by atoms with Crippen LogP contribution in [0.15, 0.2) is 4.99 Å². The summed E-state index contributed by atoms with van der Waals surface area (Å²) in [6.07, 6.45) is -2.85. The smallest absolute Gasteiger partial charge is 0.328 e. The SMILES string of the molecule is C[C@H](NC(=O)[C@H](CCC(N)=O)NC(=O)[C@H](CC(N)=O)NC(=O)[C@H](CCC(=O)O)NC(=O)CN)C(=O)N[C@@H](CCCN=C(N)N)C(=O)N[C@@H](CO)C(=O)O. The van der Waals surface area contributed by atoms with Gasteiger partial charge in [0.15, 0.2) is 5.96 Å². The zero-order valence-corrected chi connectivity index (χ0v) is 28.8. The number of carboxylic acids is 2. The number of aliphatic carboxylic acids is 2. The van der Waals surface area contributed by atoms with Crippen molar-refractivity contribution in [1.29, 1.82) is 0 Å². The standard InChI is InChI=1S/C28H48N12O13/c1-12(22(47)37-13(3-2-8-34-28(32)33)24(49)40-17(11-41)27(52)53)35-23(48)15(4-6-18(30)42)38-26(51)16(9-19(31)43)39-25(50)14(5-7-21(45)46)36-20(44)10-29/h12-17,41H,2-11,29H2,1H3,(H2,30,42)(H2,31,43)(H,35,48)(H,36,44)(H,37,47)(H,38,51)(H,39,50)(H,40,49)(H,45,46)(H,52,53)(H4,32,33,34)/t12-,13-,14-,15-,16-,17-/m0/s1. The van der Waals surface area contributed by atoms with E-state index in [1.807, 2.05) is 0 Å². The molecule has 0 bridgehead atoms. The summed E-state index contributed by atoms with van der Waals surface area (Å²) >= 11 is 0. The van der Waals surface area contributed by atoms with Gasteiger partial charge in [0.2, 0.25) is 47.3 Å². The molecule has 0 aliphatic heterocycles. The van der Waals surface area contributed by atoms with Crippen molar-refractivity contribution >= 4 is 65.2 Å². The predicted molar refractivity (Wildman–Crippen MR) is 180 cm³/mol. The maximum absolute atomic E-state index is 13.3. The van der Waals surface area contributed by atoms with E-state index in [0.717, 1.165) is 0 Å². The number of amides is 8. The Morgan fingerprint density at radius 2 is 1.08 bits per heavy atom. The number of carbonyl (C=O) groups is 10. The highest BCUT2D eigenvalue weighted by Crippen LogP contribution is 2.06. The van der Waals surface area contributed by atoms with Crippen molar-refractivity contribution in [2.75, 3.05) is 19.7 Å². The lowest BCUT2D eigenvalue weighted by atomic mass is 10.1. The molecule has 25 heteroatoms. The lowest BCUT2D eigenvalue weighted by Crippen LogP contribution is -2.59. The first-order valence-corrected chi connectivity index (χ1v) is 15.9. The van der Waals surface area contributed by atoms with Gasteiger partial charge in [-0.2, -0.15) is 0 Å². The normalized spacial score (nSPS) is 13.9. The number of nitrogens with one attached hydrogen (secondary N) is 6. The van der Waals surface area contributed by atoms with Gasteiger partial charge < -0.3 is 75.9 Å². The molecule has 0 saturated heterocycles. The third-order valence-electron chi connectivity index (χ3n) is 6.96. The third-order valence-corrected chi connectivity index (χ3v) is 6.96. The summed E-state index contributed by atoms with van der Waals surface area (Å²) in [6.45, 7) is -0.357. The molecule has 0 fully saturated rings. The molecule has 0 aromatic rings. The number of aliphatic hydroxyl groups excluding tert-OH is 1. The van der Waals surface area contributed by atoms with E-state index in [-0.39, 0.29) is 25.3 Å². The first-order valence-electron chi connectivity index (χ1n) is 15.9. The Kier molecular flexibility index (Phi) is 21.4. The van der Waals surface area contributed by atoms with Crippen molar-refractivity contribution in [3.63, 3.8) is 0 Å². The molecule has 298 valence electrons. The molecule has 0 aromatic carbocycles. The number of carbonyl (C=O) groups excluding carboxylic acids is 8. The van der Waals surface area contributed by atoms with Crippen LogP contribution in [0, 0.1) is 0 Å². The Labute approximate surface area is 301 Å². The van der Waals surface area contributed by atoms with E-state index >= 15 is 0 Å². The zero-order valence-electron chi connectivity index (χ0n) is 28.8. The summed E-state index contributed by atoms with van der Waals surface area (Å²) in [6, 6.07) is -9.54.